The van der Waals surface area contributed by atoms with E-state index in [0.29, 0.717) is 29.6 Å². The van der Waals surface area contributed by atoms with Gasteiger partial charge in [-0.3, -0.25) is 4.79 Å². The zero-order valence-corrected chi connectivity index (χ0v) is 13.8. The topological polar surface area (TPSA) is 49.8 Å². The van der Waals surface area contributed by atoms with Gasteiger partial charge in [0.2, 0.25) is 0 Å². The van der Waals surface area contributed by atoms with E-state index in [1.54, 1.807) is 0 Å². The first-order valence-corrected chi connectivity index (χ1v) is 9.30. The van der Waals surface area contributed by atoms with Gasteiger partial charge in [-0.25, -0.2) is 0 Å². The zero-order chi connectivity index (χ0) is 15.3. The first-order valence-electron chi connectivity index (χ1n) is 9.30. The van der Waals surface area contributed by atoms with Crippen LogP contribution in [0, 0.1) is 28.6 Å². The third-order valence-electron chi connectivity index (χ3n) is 8.77. The van der Waals surface area contributed by atoms with E-state index in [9.17, 15) is 9.90 Å². The Morgan fingerprint density at radius 1 is 1.14 bits per heavy atom. The summed E-state index contributed by atoms with van der Waals surface area (Å²) in [6.07, 6.45) is 8.37. The summed E-state index contributed by atoms with van der Waals surface area (Å²) in [7, 11) is 0. The monoisotopic (exact) mass is 304 g/mol. The van der Waals surface area contributed by atoms with Crippen molar-refractivity contribution in [3.63, 3.8) is 0 Å². The molecule has 1 aliphatic heterocycles. The van der Waals surface area contributed by atoms with Crippen LogP contribution in [0.25, 0.3) is 0 Å². The minimum Gasteiger partial charge on any atom is -0.393 e. The molecule has 8 atom stereocenters. The third-order valence-corrected chi connectivity index (χ3v) is 8.77. The SMILES string of the molecule is C[C@]12CC[C@@H]3[C@H](C[C@@H]4O[C@@]45C[C@H](O)CC[C@]35C)[C@@H]1CCC2=O. The van der Waals surface area contributed by atoms with Gasteiger partial charge >= 0.3 is 0 Å². The fraction of sp³-hybridized carbons (Fsp3) is 0.947. The summed E-state index contributed by atoms with van der Waals surface area (Å²) in [4.78, 5) is 12.4. The second kappa shape index (κ2) is 3.97. The van der Waals surface area contributed by atoms with Gasteiger partial charge < -0.3 is 9.84 Å². The first kappa shape index (κ1) is 14.0. The molecular formula is C19H28O3. The number of ether oxygens (including phenoxy) is 1. The summed E-state index contributed by atoms with van der Waals surface area (Å²) in [5.74, 6) is 2.48. The molecule has 1 heterocycles. The van der Waals surface area contributed by atoms with E-state index >= 15 is 0 Å². The minimum atomic E-state index is -0.170. The third kappa shape index (κ3) is 1.40. The number of carbonyl (C=O) groups excluding carboxylic acids is 1. The van der Waals surface area contributed by atoms with E-state index in [1.165, 1.54) is 6.42 Å². The Kier molecular flexibility index (Phi) is 2.52. The minimum absolute atomic E-state index is 0.0256. The molecule has 22 heavy (non-hydrogen) atoms. The number of Topliss-reactive ketones (excluding diaryl/α,β-unsaturated/α-hetero) is 1. The van der Waals surface area contributed by atoms with Crippen molar-refractivity contribution in [1.82, 2.24) is 0 Å². The zero-order valence-electron chi connectivity index (χ0n) is 13.8. The Labute approximate surface area is 132 Å². The number of hydrogen-bond donors (Lipinski definition) is 1. The molecule has 1 saturated heterocycles. The molecule has 1 spiro atoms. The van der Waals surface area contributed by atoms with Crippen molar-refractivity contribution >= 4 is 5.78 Å². The molecule has 4 saturated carbocycles. The Hall–Kier alpha value is -0.410. The van der Waals surface area contributed by atoms with Gasteiger partial charge in [-0.1, -0.05) is 13.8 Å². The average molecular weight is 304 g/mol. The molecule has 0 aromatic carbocycles. The standard InChI is InChI=1S/C19H28O3/c1-17-7-6-14-12(13(17)3-4-15(17)21)9-16-19(22-16)10-11(20)5-8-18(14,19)2/h11-14,16,20H,3-10H2,1-2H3/t11-,12-,13+,14-,16+,17+,18-,19+/m1/s1. The van der Waals surface area contributed by atoms with Crippen LogP contribution in [0.15, 0.2) is 0 Å². The lowest BCUT2D eigenvalue weighted by atomic mass is 9.45. The second-order valence-electron chi connectivity index (χ2n) is 9.34. The molecule has 0 amide bonds. The van der Waals surface area contributed by atoms with Crippen molar-refractivity contribution in [1.29, 1.82) is 0 Å². The number of fused-ring (bicyclic) bond motifs is 4. The molecule has 5 fully saturated rings. The number of epoxide rings is 1. The number of carbonyl (C=O) groups is 1. The summed E-state index contributed by atoms with van der Waals surface area (Å²) < 4.78 is 6.30. The first-order chi connectivity index (χ1) is 10.4. The molecule has 3 heteroatoms. The number of aliphatic hydroxyl groups excluding tert-OH is 1. The fourth-order valence-corrected chi connectivity index (χ4v) is 7.43. The van der Waals surface area contributed by atoms with E-state index in [2.05, 4.69) is 13.8 Å². The molecule has 5 aliphatic rings. The molecule has 0 bridgehead atoms. The molecule has 5 rings (SSSR count). The lowest BCUT2D eigenvalue weighted by molar-refractivity contribution is -0.138. The Morgan fingerprint density at radius 3 is 2.77 bits per heavy atom. The van der Waals surface area contributed by atoms with Crippen molar-refractivity contribution in [3.8, 4) is 0 Å². The van der Waals surface area contributed by atoms with Crippen LogP contribution in [0.5, 0.6) is 0 Å². The van der Waals surface area contributed by atoms with Crippen molar-refractivity contribution in [2.24, 2.45) is 28.6 Å². The van der Waals surface area contributed by atoms with Crippen molar-refractivity contribution in [3.05, 3.63) is 0 Å². The van der Waals surface area contributed by atoms with E-state index in [1.807, 2.05) is 0 Å². The van der Waals surface area contributed by atoms with Crippen LogP contribution in [0.3, 0.4) is 0 Å². The molecule has 3 nitrogen and oxygen atoms in total. The van der Waals surface area contributed by atoms with Gasteiger partial charge in [0.1, 0.15) is 11.4 Å². The van der Waals surface area contributed by atoms with E-state index in [4.69, 9.17) is 4.74 Å². The van der Waals surface area contributed by atoms with Gasteiger partial charge in [0.25, 0.3) is 0 Å². The lowest BCUT2D eigenvalue weighted by Gasteiger charge is -2.58. The molecule has 0 aromatic rings. The van der Waals surface area contributed by atoms with Crippen molar-refractivity contribution < 1.29 is 14.6 Å². The van der Waals surface area contributed by atoms with E-state index in [0.717, 1.165) is 44.9 Å². The smallest absolute Gasteiger partial charge is 0.139 e. The predicted octanol–water partition coefficient (Wildman–Crippen LogP) is 3.09. The highest BCUT2D eigenvalue weighted by Crippen LogP contribution is 2.72. The number of ketones is 1. The van der Waals surface area contributed by atoms with Crippen LogP contribution >= 0.6 is 0 Å². The van der Waals surface area contributed by atoms with E-state index < -0.39 is 0 Å². The molecule has 1 N–H and O–H groups in total. The Bertz CT molecular complexity index is 545. The van der Waals surface area contributed by atoms with E-state index in [-0.39, 0.29) is 22.5 Å². The number of aliphatic hydroxyl groups is 1. The van der Waals surface area contributed by atoms with Gasteiger partial charge in [-0.2, -0.15) is 0 Å². The van der Waals surface area contributed by atoms with Crippen LogP contribution in [0.2, 0.25) is 0 Å². The highest BCUT2D eigenvalue weighted by molar-refractivity contribution is 5.87. The molecule has 122 valence electrons. The van der Waals surface area contributed by atoms with Gasteiger partial charge in [0.15, 0.2) is 0 Å². The van der Waals surface area contributed by atoms with Gasteiger partial charge in [-0.15, -0.1) is 0 Å². The van der Waals surface area contributed by atoms with Crippen molar-refractivity contribution in [2.75, 3.05) is 0 Å². The normalized spacial score (nSPS) is 62.7. The molecule has 0 aromatic heterocycles. The molecular weight excluding hydrogens is 276 g/mol. The Morgan fingerprint density at radius 2 is 1.95 bits per heavy atom. The summed E-state index contributed by atoms with van der Waals surface area (Å²) in [5.41, 5.74) is 0.162. The number of rotatable bonds is 0. The maximum atomic E-state index is 12.4. The predicted molar refractivity (Wildman–Crippen MR) is 82.2 cm³/mol. The van der Waals surface area contributed by atoms with Crippen LogP contribution < -0.4 is 0 Å². The second-order valence-corrected chi connectivity index (χ2v) is 9.34. The maximum absolute atomic E-state index is 12.4. The molecule has 0 radical (unpaired) electrons. The fourth-order valence-electron chi connectivity index (χ4n) is 7.43. The highest BCUT2D eigenvalue weighted by Gasteiger charge is 2.76. The largest absolute Gasteiger partial charge is 0.393 e. The summed E-state index contributed by atoms with van der Waals surface area (Å²) in [6, 6.07) is 0. The average Bonchev–Trinajstić information content (AvgIpc) is 3.08. The van der Waals surface area contributed by atoms with Crippen LogP contribution in [-0.4, -0.2) is 28.7 Å². The maximum Gasteiger partial charge on any atom is 0.139 e. The summed E-state index contributed by atoms with van der Waals surface area (Å²) in [6.45, 7) is 4.68. The number of hydrogen-bond acceptors (Lipinski definition) is 3. The van der Waals surface area contributed by atoms with Gasteiger partial charge in [-0.05, 0) is 56.3 Å². The quantitative estimate of drug-likeness (QED) is 0.700. The highest BCUT2D eigenvalue weighted by atomic mass is 16.6. The lowest BCUT2D eigenvalue weighted by Crippen LogP contribution is -2.58. The summed E-state index contributed by atoms with van der Waals surface area (Å²) in [5, 5.41) is 10.2. The molecule has 4 aliphatic carbocycles. The van der Waals surface area contributed by atoms with Crippen LogP contribution in [-0.2, 0) is 9.53 Å². The summed E-state index contributed by atoms with van der Waals surface area (Å²) >= 11 is 0. The van der Waals surface area contributed by atoms with Crippen LogP contribution in [0.4, 0.5) is 0 Å². The van der Waals surface area contributed by atoms with Gasteiger partial charge in [0.05, 0.1) is 12.2 Å². The van der Waals surface area contributed by atoms with Crippen LogP contribution in [0.1, 0.15) is 65.2 Å². The Balaban J connectivity index is 1.53. The van der Waals surface area contributed by atoms with Gasteiger partial charge in [0, 0.05) is 23.7 Å². The van der Waals surface area contributed by atoms with Crippen molar-refractivity contribution in [2.45, 2.75) is 83.0 Å². The molecule has 0 unspecified atom stereocenters.